The Morgan fingerprint density at radius 3 is 2.90 bits per heavy atom. The van der Waals surface area contributed by atoms with Crippen molar-refractivity contribution in [3.63, 3.8) is 0 Å². The van der Waals surface area contributed by atoms with Crippen LogP contribution < -0.4 is 14.8 Å². The summed E-state index contributed by atoms with van der Waals surface area (Å²) in [6, 6.07) is 6.11. The number of aryl methyl sites for hydroxylation is 1. The van der Waals surface area contributed by atoms with Crippen LogP contribution >= 0.6 is 0 Å². The minimum atomic E-state index is 0.348. The third kappa shape index (κ3) is 4.36. The van der Waals surface area contributed by atoms with Crippen LogP contribution in [-0.2, 0) is 11.2 Å². The fourth-order valence-electron chi connectivity index (χ4n) is 4.63. The molecule has 0 amide bonds. The average Bonchev–Trinajstić information content (AvgIpc) is 3.50. The lowest BCUT2D eigenvalue weighted by molar-refractivity contribution is 0.156. The SMILES string of the molecule is CCNC(=NCCCc1cc2c(OC)cc(OC)cc2[nH]1)N1CCC2(CCOC2)C1. The van der Waals surface area contributed by atoms with Crippen molar-refractivity contribution in [3.8, 4) is 11.5 Å². The Bertz CT molecular complexity index is 886. The van der Waals surface area contributed by atoms with Gasteiger partial charge in [0.25, 0.3) is 0 Å². The van der Waals surface area contributed by atoms with E-state index in [-0.39, 0.29) is 0 Å². The standard InChI is InChI=1S/C23H34N4O3/c1-4-24-22(27-10-7-23(15-27)8-11-30-16-23)25-9-5-6-17-12-19-20(26-17)13-18(28-2)14-21(19)29-3/h12-14,26H,4-11,15-16H2,1-3H3,(H,24,25). The molecule has 30 heavy (non-hydrogen) atoms. The highest BCUT2D eigenvalue weighted by atomic mass is 16.5. The van der Waals surface area contributed by atoms with Crippen LogP contribution in [0.1, 0.15) is 31.9 Å². The molecule has 0 radical (unpaired) electrons. The summed E-state index contributed by atoms with van der Waals surface area (Å²) < 4.78 is 16.6. The van der Waals surface area contributed by atoms with Gasteiger partial charge in [-0.15, -0.1) is 0 Å². The zero-order valence-corrected chi connectivity index (χ0v) is 18.4. The fourth-order valence-corrected chi connectivity index (χ4v) is 4.63. The van der Waals surface area contributed by atoms with Crippen molar-refractivity contribution in [1.82, 2.24) is 15.2 Å². The number of hydrogen-bond acceptors (Lipinski definition) is 4. The van der Waals surface area contributed by atoms with Crippen molar-refractivity contribution in [1.29, 1.82) is 0 Å². The van der Waals surface area contributed by atoms with E-state index < -0.39 is 0 Å². The van der Waals surface area contributed by atoms with Gasteiger partial charge in [0, 0.05) is 61.4 Å². The van der Waals surface area contributed by atoms with Crippen molar-refractivity contribution in [2.45, 2.75) is 32.6 Å². The minimum absolute atomic E-state index is 0.348. The third-order valence-electron chi connectivity index (χ3n) is 6.31. The largest absolute Gasteiger partial charge is 0.497 e. The molecule has 1 unspecified atom stereocenters. The van der Waals surface area contributed by atoms with Crippen LogP contribution in [-0.4, -0.2) is 69.5 Å². The Morgan fingerprint density at radius 2 is 2.17 bits per heavy atom. The van der Waals surface area contributed by atoms with Gasteiger partial charge in [-0.2, -0.15) is 0 Å². The number of rotatable bonds is 7. The van der Waals surface area contributed by atoms with Crippen LogP contribution in [0.5, 0.6) is 11.5 Å². The maximum absolute atomic E-state index is 5.67. The van der Waals surface area contributed by atoms with E-state index in [4.69, 9.17) is 19.2 Å². The van der Waals surface area contributed by atoms with E-state index in [9.17, 15) is 0 Å². The molecule has 1 aromatic carbocycles. The van der Waals surface area contributed by atoms with Crippen molar-refractivity contribution in [2.75, 3.05) is 53.6 Å². The monoisotopic (exact) mass is 414 g/mol. The number of nitrogens with zero attached hydrogens (tertiary/aromatic N) is 2. The van der Waals surface area contributed by atoms with E-state index in [1.165, 1.54) is 18.5 Å². The lowest BCUT2D eigenvalue weighted by atomic mass is 9.87. The zero-order chi connectivity index (χ0) is 21.0. The maximum atomic E-state index is 5.67. The van der Waals surface area contributed by atoms with Gasteiger partial charge in [-0.05, 0) is 38.7 Å². The topological polar surface area (TPSA) is 71.1 Å². The van der Waals surface area contributed by atoms with Crippen LogP contribution in [0, 0.1) is 5.41 Å². The molecule has 1 atom stereocenters. The highest BCUT2D eigenvalue weighted by molar-refractivity contribution is 5.88. The van der Waals surface area contributed by atoms with Gasteiger partial charge < -0.3 is 29.4 Å². The van der Waals surface area contributed by atoms with Gasteiger partial charge in [-0.3, -0.25) is 4.99 Å². The van der Waals surface area contributed by atoms with Gasteiger partial charge in [0.2, 0.25) is 0 Å². The quantitative estimate of drug-likeness (QED) is 0.414. The summed E-state index contributed by atoms with van der Waals surface area (Å²) in [7, 11) is 3.37. The number of benzene rings is 1. The summed E-state index contributed by atoms with van der Waals surface area (Å²) in [5, 5.41) is 4.56. The third-order valence-corrected chi connectivity index (χ3v) is 6.31. The van der Waals surface area contributed by atoms with E-state index in [0.29, 0.717) is 5.41 Å². The number of aromatic nitrogens is 1. The number of likely N-dealkylation sites (tertiary alicyclic amines) is 1. The smallest absolute Gasteiger partial charge is 0.193 e. The molecule has 0 saturated carbocycles. The lowest BCUT2D eigenvalue weighted by Gasteiger charge is -2.25. The molecule has 4 rings (SSSR count). The van der Waals surface area contributed by atoms with E-state index in [0.717, 1.165) is 80.6 Å². The molecule has 0 aliphatic carbocycles. The lowest BCUT2D eigenvalue weighted by Crippen LogP contribution is -2.41. The normalized spacial score (nSPS) is 21.7. The van der Waals surface area contributed by atoms with Gasteiger partial charge in [0.1, 0.15) is 11.5 Å². The van der Waals surface area contributed by atoms with Gasteiger partial charge in [0.15, 0.2) is 5.96 Å². The molecule has 2 saturated heterocycles. The molecular weight excluding hydrogens is 380 g/mol. The molecule has 2 aliphatic rings. The summed E-state index contributed by atoms with van der Waals surface area (Å²) in [6.07, 6.45) is 4.32. The maximum Gasteiger partial charge on any atom is 0.193 e. The second-order valence-corrected chi connectivity index (χ2v) is 8.40. The number of nitrogens with one attached hydrogen (secondary N) is 2. The molecule has 1 aromatic heterocycles. The summed E-state index contributed by atoms with van der Waals surface area (Å²) in [4.78, 5) is 10.8. The number of hydrogen-bond donors (Lipinski definition) is 2. The van der Waals surface area contributed by atoms with Gasteiger partial charge in [0.05, 0.1) is 26.3 Å². The van der Waals surface area contributed by atoms with E-state index >= 15 is 0 Å². The highest BCUT2D eigenvalue weighted by Gasteiger charge is 2.42. The Morgan fingerprint density at radius 1 is 1.27 bits per heavy atom. The number of ether oxygens (including phenoxy) is 3. The number of guanidine groups is 1. The summed E-state index contributed by atoms with van der Waals surface area (Å²) in [6.45, 7) is 7.76. The fraction of sp³-hybridized carbons (Fsp3) is 0.609. The summed E-state index contributed by atoms with van der Waals surface area (Å²) >= 11 is 0. The second kappa shape index (κ2) is 9.16. The molecule has 0 bridgehead atoms. The number of fused-ring (bicyclic) bond motifs is 1. The van der Waals surface area contributed by atoms with Crippen LogP contribution in [0.4, 0.5) is 0 Å². The molecule has 164 valence electrons. The second-order valence-electron chi connectivity index (χ2n) is 8.40. The van der Waals surface area contributed by atoms with Crippen LogP contribution in [0.15, 0.2) is 23.2 Å². The highest BCUT2D eigenvalue weighted by Crippen LogP contribution is 2.38. The molecule has 2 N–H and O–H groups in total. The predicted octanol–water partition coefficient (Wildman–Crippen LogP) is 3.20. The number of aliphatic imine (C=N–C) groups is 1. The minimum Gasteiger partial charge on any atom is -0.497 e. The first kappa shape index (κ1) is 20.8. The Kier molecular flexibility index (Phi) is 6.37. The van der Waals surface area contributed by atoms with Crippen LogP contribution in [0.2, 0.25) is 0 Å². The zero-order valence-electron chi connectivity index (χ0n) is 18.4. The van der Waals surface area contributed by atoms with Gasteiger partial charge >= 0.3 is 0 Å². The average molecular weight is 415 g/mol. The molecule has 1 spiro atoms. The first-order valence-electron chi connectivity index (χ1n) is 11.0. The summed E-state index contributed by atoms with van der Waals surface area (Å²) in [5.74, 6) is 2.67. The Balaban J connectivity index is 1.37. The molecular formula is C23H34N4O3. The number of aromatic amines is 1. The molecule has 2 aliphatic heterocycles. The first-order valence-corrected chi connectivity index (χ1v) is 11.0. The Hall–Kier alpha value is -2.41. The summed E-state index contributed by atoms with van der Waals surface area (Å²) in [5.41, 5.74) is 2.58. The molecule has 7 heteroatoms. The first-order chi connectivity index (χ1) is 14.7. The number of H-pyrrole nitrogens is 1. The van der Waals surface area contributed by atoms with Gasteiger partial charge in [-0.25, -0.2) is 0 Å². The number of methoxy groups -OCH3 is 2. The van der Waals surface area contributed by atoms with E-state index in [2.05, 4.69) is 28.2 Å². The van der Waals surface area contributed by atoms with Crippen molar-refractivity contribution < 1.29 is 14.2 Å². The van der Waals surface area contributed by atoms with Crippen molar-refractivity contribution in [2.24, 2.45) is 10.4 Å². The van der Waals surface area contributed by atoms with Gasteiger partial charge in [-0.1, -0.05) is 0 Å². The van der Waals surface area contributed by atoms with Crippen LogP contribution in [0.25, 0.3) is 10.9 Å². The molecule has 7 nitrogen and oxygen atoms in total. The van der Waals surface area contributed by atoms with E-state index in [1.54, 1.807) is 14.2 Å². The predicted molar refractivity (Wildman–Crippen MR) is 120 cm³/mol. The molecule has 2 aromatic rings. The molecule has 3 heterocycles. The van der Waals surface area contributed by atoms with E-state index in [1.807, 2.05) is 12.1 Å². The van der Waals surface area contributed by atoms with Crippen molar-refractivity contribution >= 4 is 16.9 Å². The molecule has 2 fully saturated rings. The van der Waals surface area contributed by atoms with Crippen LogP contribution in [0.3, 0.4) is 0 Å². The van der Waals surface area contributed by atoms with Crippen molar-refractivity contribution in [3.05, 3.63) is 23.9 Å². The Labute approximate surface area is 178 Å².